The number of rotatable bonds is 10. The van der Waals surface area contributed by atoms with Crippen molar-refractivity contribution < 1.29 is 0 Å². The summed E-state index contributed by atoms with van der Waals surface area (Å²) in [5.74, 6) is 0. The summed E-state index contributed by atoms with van der Waals surface area (Å²) < 4.78 is 1.20. The molecule has 0 saturated carbocycles. The summed E-state index contributed by atoms with van der Waals surface area (Å²) in [6.07, 6.45) is 15.3. The lowest BCUT2D eigenvalue weighted by atomic mass is 9.82. The molecule has 4 nitrogen and oxygen atoms in total. The zero-order chi connectivity index (χ0) is 47.5. The number of nitrogens with zero attached hydrogens (tertiary/aromatic N) is 4. The summed E-state index contributed by atoms with van der Waals surface area (Å²) >= 11 is 3.64. The molecule has 8 aromatic carbocycles. The van der Waals surface area contributed by atoms with Gasteiger partial charge in [-0.2, -0.15) is 0 Å². The van der Waals surface area contributed by atoms with Crippen molar-refractivity contribution in [3.63, 3.8) is 0 Å². The highest BCUT2D eigenvalue weighted by molar-refractivity contribution is 8.15. The molecule has 0 N–H and O–H groups in total. The maximum atomic E-state index is 5.17. The average Bonchev–Trinajstić information content (AvgIpc) is 4.13. The molecule has 0 spiro atoms. The Bertz CT molecular complexity index is 3640. The second-order valence-corrected chi connectivity index (χ2v) is 21.4. The van der Waals surface area contributed by atoms with Crippen LogP contribution in [-0.4, -0.2) is 21.3 Å². The number of anilines is 5. The summed E-state index contributed by atoms with van der Waals surface area (Å²) in [5.41, 5.74) is 20.1. The van der Waals surface area contributed by atoms with Gasteiger partial charge in [-0.15, -0.1) is 11.3 Å². The SMILES string of the molecule is CC1(C)c2cc(N(C3=CC=C(C4=NC5C=CC=CC5S4)CC3)c3ccccc3-c3ccccc3)ccc2-c2ccc(N(c3ccc(-c4nc5ccccc5s4)cc3)c3ccccc3-c3ccccc3)cc21. The van der Waals surface area contributed by atoms with E-state index in [9.17, 15) is 0 Å². The molecule has 2 atom stereocenters. The van der Waals surface area contributed by atoms with Gasteiger partial charge in [-0.05, 0) is 131 Å². The molecule has 0 saturated heterocycles. The van der Waals surface area contributed by atoms with Crippen LogP contribution in [0.5, 0.6) is 0 Å². The first-order valence-corrected chi connectivity index (χ1v) is 26.3. The Morgan fingerprint density at radius 1 is 0.507 bits per heavy atom. The van der Waals surface area contributed by atoms with Crippen molar-refractivity contribution >= 4 is 66.8 Å². The van der Waals surface area contributed by atoms with Gasteiger partial charge in [0.25, 0.3) is 0 Å². The summed E-state index contributed by atoms with van der Waals surface area (Å²) in [6, 6.07) is 71.1. The number of thioether (sulfide) groups is 1. The van der Waals surface area contributed by atoms with Gasteiger partial charge < -0.3 is 9.80 Å². The van der Waals surface area contributed by atoms with Crippen LogP contribution in [0.3, 0.4) is 0 Å². The summed E-state index contributed by atoms with van der Waals surface area (Å²) in [7, 11) is 0. The van der Waals surface area contributed by atoms with Gasteiger partial charge in [0.1, 0.15) is 5.01 Å². The molecule has 71 heavy (non-hydrogen) atoms. The van der Waals surface area contributed by atoms with Gasteiger partial charge in [0.05, 0.1) is 37.9 Å². The second-order valence-electron chi connectivity index (χ2n) is 19.2. The Balaban J connectivity index is 0.904. The number of hydrogen-bond acceptors (Lipinski definition) is 6. The average molecular weight is 951 g/mol. The first-order chi connectivity index (χ1) is 34.9. The number of thiazole rings is 1. The lowest BCUT2D eigenvalue weighted by Gasteiger charge is -2.33. The Labute approximate surface area is 424 Å². The smallest absolute Gasteiger partial charge is 0.124 e. The standard InChI is InChI=1S/C65H50N4S2/c1-65(2)55-41-49(68(59-25-13-9-21-51(59)43-17-5-3-6-18-43)47-33-29-45(30-34-47)63-66-57-23-11-15-27-61(57)70-63)37-39-53(55)54-40-38-50(42-56(54)65)69(60-26-14-10-22-52(60)44-19-7-4-8-20-44)48-35-31-46(32-36-48)64-67-58-24-12-16-28-62(58)71-64/h3-31,33-35,37-42,58,62H,32,36H2,1-2H3. The highest BCUT2D eigenvalue weighted by Crippen LogP contribution is 2.53. The van der Waals surface area contributed by atoms with Crippen LogP contribution in [-0.2, 0) is 5.41 Å². The minimum atomic E-state index is -0.297. The monoisotopic (exact) mass is 950 g/mol. The van der Waals surface area contributed by atoms with Crippen LogP contribution in [0.15, 0.2) is 247 Å². The van der Waals surface area contributed by atoms with Gasteiger partial charge in [0.2, 0.25) is 0 Å². The van der Waals surface area contributed by atoms with Gasteiger partial charge in [-0.1, -0.05) is 177 Å². The fourth-order valence-corrected chi connectivity index (χ4v) is 13.1. The van der Waals surface area contributed by atoms with Gasteiger partial charge >= 0.3 is 0 Å². The van der Waals surface area contributed by atoms with Crippen molar-refractivity contribution in [2.75, 3.05) is 9.80 Å². The van der Waals surface area contributed by atoms with Gasteiger partial charge in [0.15, 0.2) is 0 Å². The molecule has 1 aliphatic heterocycles. The summed E-state index contributed by atoms with van der Waals surface area (Å²) in [5, 5.41) is 2.60. The first-order valence-electron chi connectivity index (χ1n) is 24.6. The summed E-state index contributed by atoms with van der Waals surface area (Å²) in [4.78, 5) is 15.1. The number of aromatic nitrogens is 1. The quantitative estimate of drug-likeness (QED) is 0.137. The van der Waals surface area contributed by atoms with Crippen LogP contribution in [0.2, 0.25) is 0 Å². The fraction of sp³-hybridized carbons (Fsp3) is 0.108. The Morgan fingerprint density at radius 2 is 1.08 bits per heavy atom. The molecule has 3 aliphatic carbocycles. The Hall–Kier alpha value is -7.77. The lowest BCUT2D eigenvalue weighted by Crippen LogP contribution is -2.21. The van der Waals surface area contributed by atoms with Crippen LogP contribution in [0.4, 0.5) is 28.4 Å². The predicted molar refractivity (Wildman–Crippen MR) is 303 cm³/mol. The van der Waals surface area contributed by atoms with Gasteiger partial charge in [-0.25, -0.2) is 4.98 Å². The lowest BCUT2D eigenvalue weighted by molar-refractivity contribution is 0.660. The number of aliphatic imine (C=N–C) groups is 1. The Kier molecular flexibility index (Phi) is 10.9. The maximum Gasteiger partial charge on any atom is 0.124 e. The predicted octanol–water partition coefficient (Wildman–Crippen LogP) is 17.8. The van der Waals surface area contributed by atoms with E-state index in [1.54, 1.807) is 11.3 Å². The fourth-order valence-electron chi connectivity index (χ4n) is 10.9. The van der Waals surface area contributed by atoms with Crippen molar-refractivity contribution in [1.29, 1.82) is 0 Å². The molecule has 1 aromatic heterocycles. The molecule has 9 aromatic rings. The number of para-hydroxylation sites is 3. The zero-order valence-electron chi connectivity index (χ0n) is 39.6. The number of hydrogen-bond donors (Lipinski definition) is 0. The summed E-state index contributed by atoms with van der Waals surface area (Å²) in [6.45, 7) is 4.80. The normalized spacial score (nSPS) is 17.2. The van der Waals surface area contributed by atoms with E-state index in [0.29, 0.717) is 5.25 Å². The first kappa shape index (κ1) is 43.3. The highest BCUT2D eigenvalue weighted by atomic mass is 32.2. The maximum absolute atomic E-state index is 5.17. The molecule has 6 heteroatoms. The van der Waals surface area contributed by atoms with E-state index in [1.165, 1.54) is 71.2 Å². The van der Waals surface area contributed by atoms with Gasteiger partial charge in [0, 0.05) is 44.9 Å². The Morgan fingerprint density at radius 3 is 1.72 bits per heavy atom. The van der Waals surface area contributed by atoms with Crippen LogP contribution in [0.1, 0.15) is 37.8 Å². The number of fused-ring (bicyclic) bond motifs is 5. The van der Waals surface area contributed by atoms with E-state index in [4.69, 9.17) is 9.98 Å². The largest absolute Gasteiger partial charge is 0.314 e. The molecule has 0 fully saturated rings. The molecule has 0 amide bonds. The molecule has 2 heterocycles. The second kappa shape index (κ2) is 17.9. The molecule has 4 aliphatic rings. The molecule has 0 bridgehead atoms. The number of allylic oxidation sites excluding steroid dienone is 5. The van der Waals surface area contributed by atoms with Crippen molar-refractivity contribution in [1.82, 2.24) is 4.98 Å². The third-order valence-corrected chi connectivity index (χ3v) is 16.9. The third-order valence-electron chi connectivity index (χ3n) is 14.5. The molecular formula is C65H50N4S2. The molecular weight excluding hydrogens is 901 g/mol. The minimum Gasteiger partial charge on any atom is -0.314 e. The van der Waals surface area contributed by atoms with Crippen molar-refractivity contribution in [3.8, 4) is 44.0 Å². The van der Waals surface area contributed by atoms with Crippen LogP contribution in [0, 0.1) is 0 Å². The van der Waals surface area contributed by atoms with E-state index < -0.39 is 0 Å². The van der Waals surface area contributed by atoms with Crippen molar-refractivity contribution in [3.05, 3.63) is 253 Å². The van der Waals surface area contributed by atoms with E-state index in [-0.39, 0.29) is 11.5 Å². The number of benzene rings is 8. The topological polar surface area (TPSA) is 31.7 Å². The van der Waals surface area contributed by atoms with E-state index in [0.717, 1.165) is 51.7 Å². The van der Waals surface area contributed by atoms with Crippen LogP contribution >= 0.6 is 23.1 Å². The molecule has 2 unspecified atom stereocenters. The van der Waals surface area contributed by atoms with E-state index in [1.807, 2.05) is 11.8 Å². The highest BCUT2D eigenvalue weighted by Gasteiger charge is 2.38. The molecule has 0 radical (unpaired) electrons. The minimum absolute atomic E-state index is 0.228. The van der Waals surface area contributed by atoms with Crippen LogP contribution in [0.25, 0.3) is 54.2 Å². The third kappa shape index (κ3) is 7.79. The van der Waals surface area contributed by atoms with Gasteiger partial charge in [-0.3, -0.25) is 4.99 Å². The molecule has 342 valence electrons. The zero-order valence-corrected chi connectivity index (χ0v) is 41.2. The molecule has 13 rings (SSSR count). The van der Waals surface area contributed by atoms with E-state index in [2.05, 4.69) is 254 Å². The van der Waals surface area contributed by atoms with Crippen molar-refractivity contribution in [2.24, 2.45) is 4.99 Å². The van der Waals surface area contributed by atoms with Crippen LogP contribution < -0.4 is 9.80 Å². The van der Waals surface area contributed by atoms with E-state index >= 15 is 0 Å². The van der Waals surface area contributed by atoms with Crippen molar-refractivity contribution in [2.45, 2.75) is 43.4 Å².